The van der Waals surface area contributed by atoms with Gasteiger partial charge < -0.3 is 5.32 Å². The van der Waals surface area contributed by atoms with Crippen molar-refractivity contribution in [2.45, 2.75) is 19.9 Å². The summed E-state index contributed by atoms with van der Waals surface area (Å²) in [6.45, 7) is 2.53. The summed E-state index contributed by atoms with van der Waals surface area (Å²) in [5.41, 5.74) is 2.11. The molecular weight excluding hydrogens is 346 g/mol. The van der Waals surface area contributed by atoms with Crippen molar-refractivity contribution in [3.8, 4) is 0 Å². The molecule has 4 rings (SSSR count). The van der Waals surface area contributed by atoms with E-state index in [0.717, 1.165) is 21.2 Å². The lowest BCUT2D eigenvalue weighted by Gasteiger charge is -2.04. The maximum Gasteiger partial charge on any atom is 0.274 e. The topological polar surface area (TPSA) is 72.7 Å². The summed E-state index contributed by atoms with van der Waals surface area (Å²) in [6, 6.07) is 15.6. The SMILES string of the molecule is Cc1ccc(Nc2nnc(CCn3ncc4ccccc4c3=O)s2)cc1. The van der Waals surface area contributed by atoms with Gasteiger partial charge in [0.25, 0.3) is 5.56 Å². The fourth-order valence-electron chi connectivity index (χ4n) is 2.65. The molecule has 0 radical (unpaired) electrons. The maximum atomic E-state index is 12.5. The number of anilines is 2. The minimum Gasteiger partial charge on any atom is -0.330 e. The van der Waals surface area contributed by atoms with Crippen LogP contribution in [0.3, 0.4) is 0 Å². The van der Waals surface area contributed by atoms with Gasteiger partial charge >= 0.3 is 0 Å². The molecule has 0 aliphatic carbocycles. The molecule has 4 aromatic rings. The van der Waals surface area contributed by atoms with E-state index in [2.05, 4.69) is 27.5 Å². The van der Waals surface area contributed by atoms with Crippen LogP contribution >= 0.6 is 11.3 Å². The van der Waals surface area contributed by atoms with Crippen molar-refractivity contribution in [3.05, 3.63) is 75.7 Å². The third kappa shape index (κ3) is 3.48. The molecule has 130 valence electrons. The van der Waals surface area contributed by atoms with Crippen molar-refractivity contribution in [2.24, 2.45) is 0 Å². The first-order chi connectivity index (χ1) is 12.7. The van der Waals surface area contributed by atoms with Crippen LogP contribution in [0.2, 0.25) is 0 Å². The Balaban J connectivity index is 1.46. The van der Waals surface area contributed by atoms with Crippen LogP contribution in [0.4, 0.5) is 10.8 Å². The molecule has 0 saturated carbocycles. The molecule has 0 saturated heterocycles. The molecule has 1 N–H and O–H groups in total. The van der Waals surface area contributed by atoms with Crippen molar-refractivity contribution in [2.75, 3.05) is 5.32 Å². The van der Waals surface area contributed by atoms with Crippen molar-refractivity contribution < 1.29 is 0 Å². The lowest BCUT2D eigenvalue weighted by atomic mass is 10.2. The standard InChI is InChI=1S/C19H17N5OS/c1-13-6-8-15(9-7-13)21-19-23-22-17(26-19)10-11-24-18(25)16-5-3-2-4-14(16)12-20-24/h2-9,12H,10-11H2,1H3,(H,21,23). The highest BCUT2D eigenvalue weighted by Crippen LogP contribution is 2.21. The van der Waals surface area contributed by atoms with Crippen molar-refractivity contribution in [1.29, 1.82) is 0 Å². The van der Waals surface area contributed by atoms with Crippen molar-refractivity contribution >= 4 is 32.9 Å². The Kier molecular flexibility index (Phi) is 4.45. The first kappa shape index (κ1) is 16.4. The quantitative estimate of drug-likeness (QED) is 0.587. The molecule has 2 aromatic heterocycles. The summed E-state index contributed by atoms with van der Waals surface area (Å²) in [7, 11) is 0. The van der Waals surface area contributed by atoms with Crippen LogP contribution in [0, 0.1) is 6.92 Å². The zero-order chi connectivity index (χ0) is 17.9. The third-order valence-corrected chi connectivity index (χ3v) is 4.97. The lowest BCUT2D eigenvalue weighted by Crippen LogP contribution is -2.23. The number of hydrogen-bond acceptors (Lipinski definition) is 6. The van der Waals surface area contributed by atoms with Gasteiger partial charge in [-0.25, -0.2) is 4.68 Å². The molecule has 0 amide bonds. The summed E-state index contributed by atoms with van der Waals surface area (Å²) < 4.78 is 1.48. The second-order valence-corrected chi connectivity index (χ2v) is 7.06. The van der Waals surface area contributed by atoms with Gasteiger partial charge in [-0.2, -0.15) is 5.10 Å². The monoisotopic (exact) mass is 363 g/mol. The Morgan fingerprint density at radius 2 is 1.88 bits per heavy atom. The first-order valence-corrected chi connectivity index (χ1v) is 9.12. The molecule has 6 nitrogen and oxygen atoms in total. The van der Waals surface area contributed by atoms with Crippen LogP contribution in [0.1, 0.15) is 10.6 Å². The summed E-state index contributed by atoms with van der Waals surface area (Å²) in [5.74, 6) is 0. The largest absolute Gasteiger partial charge is 0.330 e. The summed E-state index contributed by atoms with van der Waals surface area (Å²) in [4.78, 5) is 12.5. The predicted molar refractivity (Wildman–Crippen MR) is 104 cm³/mol. The molecule has 2 heterocycles. The number of aryl methyl sites for hydroxylation is 3. The third-order valence-electron chi connectivity index (χ3n) is 4.07. The van der Waals surface area contributed by atoms with Crippen LogP contribution in [0.15, 0.2) is 59.5 Å². The lowest BCUT2D eigenvalue weighted by molar-refractivity contribution is 0.581. The van der Waals surface area contributed by atoms with Gasteiger partial charge in [0.05, 0.1) is 18.1 Å². The molecule has 2 aromatic carbocycles. The van der Waals surface area contributed by atoms with E-state index in [4.69, 9.17) is 0 Å². The van der Waals surface area contributed by atoms with Crippen molar-refractivity contribution in [1.82, 2.24) is 20.0 Å². The molecule has 26 heavy (non-hydrogen) atoms. The van der Waals surface area contributed by atoms with E-state index in [1.165, 1.54) is 21.6 Å². The Morgan fingerprint density at radius 3 is 2.73 bits per heavy atom. The Morgan fingerprint density at radius 1 is 1.08 bits per heavy atom. The first-order valence-electron chi connectivity index (χ1n) is 8.30. The van der Waals surface area contributed by atoms with Gasteiger partial charge in [-0.3, -0.25) is 4.79 Å². The van der Waals surface area contributed by atoms with Crippen LogP contribution in [0.5, 0.6) is 0 Å². The zero-order valence-electron chi connectivity index (χ0n) is 14.2. The van der Waals surface area contributed by atoms with Gasteiger partial charge in [-0.15, -0.1) is 10.2 Å². The molecule has 0 aliphatic rings. The summed E-state index contributed by atoms with van der Waals surface area (Å²) in [6.07, 6.45) is 2.33. The zero-order valence-corrected chi connectivity index (χ0v) is 15.0. The van der Waals surface area contributed by atoms with E-state index in [0.29, 0.717) is 18.4 Å². The van der Waals surface area contributed by atoms with E-state index in [9.17, 15) is 4.79 Å². The van der Waals surface area contributed by atoms with Gasteiger partial charge in [0.15, 0.2) is 0 Å². The van der Waals surface area contributed by atoms with Crippen LogP contribution in [-0.2, 0) is 13.0 Å². The van der Waals surface area contributed by atoms with Gasteiger partial charge in [-0.05, 0) is 25.1 Å². The number of nitrogens with one attached hydrogen (secondary N) is 1. The van der Waals surface area contributed by atoms with E-state index in [-0.39, 0.29) is 5.56 Å². The second-order valence-electron chi connectivity index (χ2n) is 6.00. The smallest absolute Gasteiger partial charge is 0.274 e. The Hall–Kier alpha value is -3.06. The van der Waals surface area contributed by atoms with Gasteiger partial charge in [0, 0.05) is 17.5 Å². The number of benzene rings is 2. The van der Waals surface area contributed by atoms with Crippen molar-refractivity contribution in [3.63, 3.8) is 0 Å². The molecule has 0 fully saturated rings. The average molecular weight is 363 g/mol. The minimum atomic E-state index is -0.0781. The van der Waals surface area contributed by atoms with Crippen LogP contribution < -0.4 is 10.9 Å². The maximum absolute atomic E-state index is 12.5. The number of rotatable bonds is 5. The highest BCUT2D eigenvalue weighted by molar-refractivity contribution is 7.15. The highest BCUT2D eigenvalue weighted by Gasteiger charge is 2.08. The second kappa shape index (κ2) is 7.05. The average Bonchev–Trinajstić information content (AvgIpc) is 3.11. The number of aromatic nitrogens is 4. The van der Waals surface area contributed by atoms with Gasteiger partial charge in [0.1, 0.15) is 5.01 Å². The fourth-order valence-corrected chi connectivity index (χ4v) is 3.40. The molecule has 0 bridgehead atoms. The molecule has 0 atom stereocenters. The Bertz CT molecular complexity index is 1100. The molecule has 7 heteroatoms. The van der Waals surface area contributed by atoms with Gasteiger partial charge in [0.2, 0.25) is 5.13 Å². The minimum absolute atomic E-state index is 0.0781. The normalized spacial score (nSPS) is 11.0. The van der Waals surface area contributed by atoms with Gasteiger partial charge in [-0.1, -0.05) is 47.2 Å². The predicted octanol–water partition coefficient (Wildman–Crippen LogP) is 3.54. The van der Waals surface area contributed by atoms with E-state index < -0.39 is 0 Å². The summed E-state index contributed by atoms with van der Waals surface area (Å²) >= 11 is 1.48. The molecular formula is C19H17N5OS. The summed E-state index contributed by atoms with van der Waals surface area (Å²) in [5, 5.41) is 19.0. The van der Waals surface area contributed by atoms with E-state index in [1.807, 2.05) is 48.5 Å². The molecule has 0 spiro atoms. The van der Waals surface area contributed by atoms with Crippen LogP contribution in [0.25, 0.3) is 10.8 Å². The van der Waals surface area contributed by atoms with E-state index >= 15 is 0 Å². The number of hydrogen-bond donors (Lipinski definition) is 1. The highest BCUT2D eigenvalue weighted by atomic mass is 32.1. The Labute approximate surface area is 154 Å². The number of fused-ring (bicyclic) bond motifs is 1. The molecule has 0 aliphatic heterocycles. The molecule has 0 unspecified atom stereocenters. The van der Waals surface area contributed by atoms with Crippen LogP contribution in [-0.4, -0.2) is 20.0 Å². The van der Waals surface area contributed by atoms with E-state index in [1.54, 1.807) is 6.20 Å². The number of nitrogens with zero attached hydrogens (tertiary/aromatic N) is 4. The fraction of sp³-hybridized carbons (Fsp3) is 0.158.